The highest BCUT2D eigenvalue weighted by atomic mass is 31.2. The lowest BCUT2D eigenvalue weighted by atomic mass is 9.90. The second-order valence-electron chi connectivity index (χ2n) is 10.3. The Hall–Kier alpha value is -1.45. The summed E-state index contributed by atoms with van der Waals surface area (Å²) in [6, 6.07) is 19.6. The number of hydrogen-bond acceptors (Lipinski definition) is 3. The van der Waals surface area contributed by atoms with Crippen molar-refractivity contribution in [1.29, 1.82) is 0 Å². The summed E-state index contributed by atoms with van der Waals surface area (Å²) in [7, 11) is -4.70. The quantitative estimate of drug-likeness (QED) is 0.336. The van der Waals surface area contributed by atoms with Crippen LogP contribution in [0.1, 0.15) is 40.0 Å². The van der Waals surface area contributed by atoms with E-state index in [0.29, 0.717) is 19.0 Å². The Morgan fingerprint density at radius 1 is 1.00 bits per heavy atom. The molecular weight excluding hydrogens is 419 g/mol. The summed E-state index contributed by atoms with van der Waals surface area (Å²) < 4.78 is 20.9. The maximum absolute atomic E-state index is 14.3. The Bertz CT molecular complexity index is 889. The van der Waals surface area contributed by atoms with Crippen LogP contribution in [-0.4, -0.2) is 31.8 Å². The van der Waals surface area contributed by atoms with Gasteiger partial charge in [0, 0.05) is 16.8 Å². The smallest absolute Gasteiger partial charge is 0.192 e. The van der Waals surface area contributed by atoms with Crippen LogP contribution >= 0.6 is 7.14 Å². The first-order valence-corrected chi connectivity index (χ1v) is 16.1. The van der Waals surface area contributed by atoms with Gasteiger partial charge in [-0.15, -0.1) is 0 Å². The predicted molar refractivity (Wildman–Crippen MR) is 135 cm³/mol. The average Bonchev–Trinajstić information content (AvgIpc) is 2.72. The van der Waals surface area contributed by atoms with E-state index in [9.17, 15) is 9.67 Å². The second-order valence-corrected chi connectivity index (χ2v) is 17.9. The first-order chi connectivity index (χ1) is 14.5. The molecule has 1 N–H and O–H groups in total. The minimum absolute atomic E-state index is 0.0312. The van der Waals surface area contributed by atoms with Gasteiger partial charge in [0.15, 0.2) is 8.32 Å². The zero-order valence-corrected chi connectivity index (χ0v) is 21.4. The zero-order chi connectivity index (χ0) is 22.7. The summed E-state index contributed by atoms with van der Waals surface area (Å²) >= 11 is 0. The Kier molecular flexibility index (Phi) is 7.48. The molecule has 1 aliphatic rings. The van der Waals surface area contributed by atoms with Crippen molar-refractivity contribution in [2.24, 2.45) is 0 Å². The fourth-order valence-electron chi connectivity index (χ4n) is 3.95. The molecule has 0 bridgehead atoms. The molecule has 0 heterocycles. The van der Waals surface area contributed by atoms with Crippen molar-refractivity contribution in [3.63, 3.8) is 0 Å². The minimum Gasteiger partial charge on any atom is -0.414 e. The molecule has 3 rings (SSSR count). The van der Waals surface area contributed by atoms with Crippen LogP contribution in [0.15, 0.2) is 72.3 Å². The highest BCUT2D eigenvalue weighted by molar-refractivity contribution is 7.78. The van der Waals surface area contributed by atoms with Crippen molar-refractivity contribution in [2.45, 2.75) is 70.4 Å². The summed E-state index contributed by atoms with van der Waals surface area (Å²) in [6.45, 7) is 11.2. The summed E-state index contributed by atoms with van der Waals surface area (Å²) in [4.78, 5) is 0. The number of hydrogen-bond donors (Lipinski definition) is 1. The minimum atomic E-state index is -2.79. The molecule has 1 saturated carbocycles. The van der Waals surface area contributed by atoms with Gasteiger partial charge in [0.1, 0.15) is 7.14 Å². The molecule has 31 heavy (non-hydrogen) atoms. The van der Waals surface area contributed by atoms with Gasteiger partial charge in [-0.1, -0.05) is 93.1 Å². The number of benzene rings is 2. The van der Waals surface area contributed by atoms with Crippen LogP contribution in [0.2, 0.25) is 18.1 Å². The van der Waals surface area contributed by atoms with Crippen molar-refractivity contribution in [3.8, 4) is 0 Å². The molecule has 5 heteroatoms. The lowest BCUT2D eigenvalue weighted by molar-refractivity contribution is 0.0666. The molecule has 0 amide bonds. The number of allylic oxidation sites excluding steroid dienone is 1. The number of rotatable bonds is 6. The number of aliphatic hydroxyl groups excluding tert-OH is 1. The van der Waals surface area contributed by atoms with E-state index in [-0.39, 0.29) is 11.1 Å². The molecule has 3 nitrogen and oxygen atoms in total. The van der Waals surface area contributed by atoms with E-state index in [1.807, 2.05) is 60.7 Å². The van der Waals surface area contributed by atoms with Crippen LogP contribution in [0.3, 0.4) is 0 Å². The van der Waals surface area contributed by atoms with Crippen LogP contribution in [0, 0.1) is 0 Å². The Morgan fingerprint density at radius 3 is 2.00 bits per heavy atom. The van der Waals surface area contributed by atoms with Gasteiger partial charge in [-0.25, -0.2) is 0 Å². The third-order valence-electron chi connectivity index (χ3n) is 6.77. The van der Waals surface area contributed by atoms with Crippen LogP contribution < -0.4 is 10.6 Å². The summed E-state index contributed by atoms with van der Waals surface area (Å²) in [6.07, 6.45) is 4.35. The highest BCUT2D eigenvalue weighted by Crippen LogP contribution is 2.44. The molecule has 0 aromatic heterocycles. The maximum Gasteiger partial charge on any atom is 0.192 e. The first kappa shape index (κ1) is 24.2. The van der Waals surface area contributed by atoms with E-state index in [0.717, 1.165) is 22.6 Å². The lowest BCUT2D eigenvalue weighted by Crippen LogP contribution is -2.45. The molecule has 2 aromatic carbocycles. The van der Waals surface area contributed by atoms with Gasteiger partial charge in [0.2, 0.25) is 0 Å². The lowest BCUT2D eigenvalue weighted by Gasteiger charge is -2.41. The van der Waals surface area contributed by atoms with E-state index in [1.165, 1.54) is 0 Å². The van der Waals surface area contributed by atoms with Gasteiger partial charge < -0.3 is 14.1 Å². The normalized spacial score (nSPS) is 21.9. The summed E-state index contributed by atoms with van der Waals surface area (Å²) in [5, 5.41) is 12.4. The molecule has 0 spiro atoms. The molecule has 0 aliphatic heterocycles. The van der Waals surface area contributed by atoms with Gasteiger partial charge in [-0.3, -0.25) is 0 Å². The van der Waals surface area contributed by atoms with E-state index < -0.39 is 21.6 Å². The van der Waals surface area contributed by atoms with E-state index in [2.05, 4.69) is 39.9 Å². The van der Waals surface area contributed by atoms with Gasteiger partial charge in [-0.2, -0.15) is 0 Å². The first-order valence-electron chi connectivity index (χ1n) is 11.3. The van der Waals surface area contributed by atoms with Crippen molar-refractivity contribution in [3.05, 3.63) is 72.3 Å². The molecule has 1 fully saturated rings. The van der Waals surface area contributed by atoms with Crippen LogP contribution in [-0.2, 0) is 8.99 Å². The molecule has 0 unspecified atom stereocenters. The molecule has 1 aliphatic carbocycles. The Morgan fingerprint density at radius 2 is 1.52 bits per heavy atom. The molecule has 2 atom stereocenters. The van der Waals surface area contributed by atoms with E-state index in [1.54, 1.807) is 0 Å². The van der Waals surface area contributed by atoms with Crippen molar-refractivity contribution < 1.29 is 14.1 Å². The van der Waals surface area contributed by atoms with Gasteiger partial charge >= 0.3 is 0 Å². The van der Waals surface area contributed by atoms with Crippen molar-refractivity contribution in [2.75, 3.05) is 6.16 Å². The van der Waals surface area contributed by atoms with Gasteiger partial charge in [-0.05, 0) is 37.4 Å². The maximum atomic E-state index is 14.3. The van der Waals surface area contributed by atoms with E-state index >= 15 is 0 Å². The SMILES string of the molecule is CC(C)(C)[Si](C)(C)O[C@@H]1C/C(=C\CP(=O)(c2ccccc2)c2ccccc2)C[C@@H](O)C1. The standard InChI is InChI=1S/C26H37O3PSi/c1-26(2,3)31(4,5)29-23-19-21(18-22(27)20-23)16-17-30(28,24-12-8-6-9-13-24)25-14-10-7-11-15-25/h6-16,22-23,27H,17-20H2,1-5H3/b21-16-/t22-,23-/m1/s1. The molecule has 0 radical (unpaired) electrons. The van der Waals surface area contributed by atoms with Gasteiger partial charge in [0.05, 0.1) is 12.2 Å². The fraction of sp³-hybridized carbons (Fsp3) is 0.462. The van der Waals surface area contributed by atoms with Crippen LogP contribution in [0.25, 0.3) is 0 Å². The molecular formula is C26H37O3PSi. The number of aliphatic hydroxyl groups is 1. The van der Waals surface area contributed by atoms with Crippen molar-refractivity contribution >= 4 is 26.1 Å². The monoisotopic (exact) mass is 456 g/mol. The molecule has 0 saturated heterocycles. The van der Waals surface area contributed by atoms with Crippen LogP contribution in [0.5, 0.6) is 0 Å². The third-order valence-corrected chi connectivity index (χ3v) is 14.3. The molecule has 2 aromatic rings. The topological polar surface area (TPSA) is 46.5 Å². The largest absolute Gasteiger partial charge is 0.414 e. The van der Waals surface area contributed by atoms with Crippen LogP contribution in [0.4, 0.5) is 0 Å². The van der Waals surface area contributed by atoms with E-state index in [4.69, 9.17) is 4.43 Å². The average molecular weight is 457 g/mol. The highest BCUT2D eigenvalue weighted by Gasteiger charge is 2.40. The fourth-order valence-corrected chi connectivity index (χ4v) is 7.86. The third kappa shape index (κ3) is 5.87. The molecule has 168 valence electrons. The Labute approximate surface area is 189 Å². The second kappa shape index (κ2) is 9.58. The summed E-state index contributed by atoms with van der Waals surface area (Å²) in [5.74, 6) is 0. The summed E-state index contributed by atoms with van der Waals surface area (Å²) in [5.41, 5.74) is 1.16. The van der Waals surface area contributed by atoms with Gasteiger partial charge in [0.25, 0.3) is 0 Å². The Balaban J connectivity index is 1.84. The van der Waals surface area contributed by atoms with Crippen molar-refractivity contribution in [1.82, 2.24) is 0 Å². The zero-order valence-electron chi connectivity index (χ0n) is 19.5. The predicted octanol–water partition coefficient (Wildman–Crippen LogP) is 5.86.